The molecule has 5 nitrogen and oxygen atoms in total. The van der Waals surface area contributed by atoms with Crippen molar-refractivity contribution < 1.29 is 22.8 Å². The van der Waals surface area contributed by atoms with Crippen LogP contribution in [0.4, 0.5) is 18.9 Å². The van der Waals surface area contributed by atoms with Gasteiger partial charge in [0.1, 0.15) is 10.7 Å². The molecule has 9 heteroatoms. The number of halogens is 3. The molecule has 0 atom stereocenters. The average Bonchev–Trinajstić information content (AvgIpc) is 2.44. The topological polar surface area (TPSA) is 66.6 Å². The van der Waals surface area contributed by atoms with Crippen molar-refractivity contribution in [2.45, 2.75) is 6.18 Å². The van der Waals surface area contributed by atoms with Crippen LogP contribution in [-0.2, 0) is 9.59 Å². The highest BCUT2D eigenvalue weighted by Gasteiger charge is 2.36. The number of allylic oxidation sites excluding steroid dienone is 1. The van der Waals surface area contributed by atoms with Crippen molar-refractivity contribution in [1.82, 2.24) is 4.90 Å². The third kappa shape index (κ3) is 4.78. The molecule has 0 radical (unpaired) electrons. The van der Waals surface area contributed by atoms with Gasteiger partial charge in [-0.05, 0) is 24.3 Å². The molecule has 0 spiro atoms. The van der Waals surface area contributed by atoms with Gasteiger partial charge in [0.15, 0.2) is 0 Å². The fourth-order valence-corrected chi connectivity index (χ4v) is 1.81. The van der Waals surface area contributed by atoms with Gasteiger partial charge in [-0.15, -0.1) is 0 Å². The van der Waals surface area contributed by atoms with E-state index in [2.05, 4.69) is 0 Å². The van der Waals surface area contributed by atoms with Gasteiger partial charge >= 0.3 is 6.18 Å². The predicted molar refractivity (Wildman–Crippen MR) is 83.7 cm³/mol. The molecular weight excluding hydrogens is 331 g/mol. The largest absolute Gasteiger partial charge is 0.431 e. The van der Waals surface area contributed by atoms with E-state index in [0.29, 0.717) is 16.5 Å². The maximum absolute atomic E-state index is 12.8. The minimum Gasteiger partial charge on any atom is -0.389 e. The number of nitrogens with zero attached hydrogens (tertiary/aromatic N) is 2. The zero-order chi connectivity index (χ0) is 17.8. The molecule has 1 aromatic carbocycles. The van der Waals surface area contributed by atoms with Crippen molar-refractivity contribution >= 4 is 35.2 Å². The van der Waals surface area contributed by atoms with E-state index < -0.39 is 17.8 Å². The Balaban J connectivity index is 3.16. The average molecular weight is 345 g/mol. The Morgan fingerprint density at radius 1 is 1.22 bits per heavy atom. The lowest BCUT2D eigenvalue weighted by Crippen LogP contribution is -2.32. The summed E-state index contributed by atoms with van der Waals surface area (Å²) >= 11 is 4.77. The summed E-state index contributed by atoms with van der Waals surface area (Å²) in [5, 5.41) is 0. The van der Waals surface area contributed by atoms with Gasteiger partial charge in [0, 0.05) is 25.7 Å². The van der Waals surface area contributed by atoms with Crippen LogP contribution < -0.4 is 10.6 Å². The van der Waals surface area contributed by atoms with Crippen LogP contribution in [0.2, 0.25) is 0 Å². The molecule has 0 aliphatic rings. The van der Waals surface area contributed by atoms with Gasteiger partial charge < -0.3 is 10.6 Å². The number of nitrogens with two attached hydrogens (primary N) is 1. The van der Waals surface area contributed by atoms with E-state index >= 15 is 0 Å². The smallest absolute Gasteiger partial charge is 0.389 e. The lowest BCUT2D eigenvalue weighted by atomic mass is 10.2. The van der Waals surface area contributed by atoms with Crippen LogP contribution in [-0.4, -0.2) is 42.5 Å². The number of benzene rings is 1. The summed E-state index contributed by atoms with van der Waals surface area (Å²) in [6.07, 6.45) is -4.22. The van der Waals surface area contributed by atoms with E-state index in [1.54, 1.807) is 0 Å². The number of amides is 2. The summed E-state index contributed by atoms with van der Waals surface area (Å²) in [4.78, 5) is 24.5. The summed E-state index contributed by atoms with van der Waals surface area (Å²) in [7, 11) is 2.30. The van der Waals surface area contributed by atoms with E-state index in [-0.39, 0.29) is 17.1 Å². The SMILES string of the molecule is CN(C)/C(=C\C(=O)N(C=O)c1ccc(C(N)=S)cc1)C(F)(F)F. The second kappa shape index (κ2) is 7.23. The number of anilines is 1. The van der Waals surface area contributed by atoms with E-state index in [9.17, 15) is 22.8 Å². The minimum absolute atomic E-state index is 0.0986. The lowest BCUT2D eigenvalue weighted by molar-refractivity contribution is -0.121. The number of hydrogen-bond donors (Lipinski definition) is 1. The fourth-order valence-electron chi connectivity index (χ4n) is 1.68. The first-order valence-corrected chi connectivity index (χ1v) is 6.63. The van der Waals surface area contributed by atoms with Crippen LogP contribution in [0.15, 0.2) is 36.0 Å². The first kappa shape index (κ1) is 18.6. The van der Waals surface area contributed by atoms with Gasteiger partial charge in [-0.2, -0.15) is 13.2 Å². The Morgan fingerprint density at radius 2 is 1.74 bits per heavy atom. The molecule has 1 aromatic rings. The maximum atomic E-state index is 12.8. The zero-order valence-corrected chi connectivity index (χ0v) is 13.1. The van der Waals surface area contributed by atoms with E-state index in [1.807, 2.05) is 0 Å². The first-order valence-electron chi connectivity index (χ1n) is 6.22. The van der Waals surface area contributed by atoms with Crippen LogP contribution in [0.5, 0.6) is 0 Å². The Kier molecular flexibility index (Phi) is 5.85. The molecule has 23 heavy (non-hydrogen) atoms. The standard InChI is InChI=1S/C14H14F3N3O2S/c1-19(2)11(14(15,16)17)7-12(22)20(8-21)10-5-3-9(4-6-10)13(18)23/h3-8H,1-2H3,(H2,18,23)/b11-7-. The van der Waals surface area contributed by atoms with Crippen LogP contribution >= 0.6 is 12.2 Å². The summed E-state index contributed by atoms with van der Waals surface area (Å²) in [5.41, 5.74) is 4.85. The van der Waals surface area contributed by atoms with Crippen molar-refractivity contribution in [3.8, 4) is 0 Å². The molecule has 0 aliphatic heterocycles. The van der Waals surface area contributed by atoms with Gasteiger partial charge in [0.25, 0.3) is 5.91 Å². The highest BCUT2D eigenvalue weighted by Crippen LogP contribution is 2.27. The lowest BCUT2D eigenvalue weighted by Gasteiger charge is -2.21. The minimum atomic E-state index is -4.72. The Morgan fingerprint density at radius 3 is 2.09 bits per heavy atom. The summed E-state index contributed by atoms with van der Waals surface area (Å²) in [5.74, 6) is -1.12. The predicted octanol–water partition coefficient (Wildman–Crippen LogP) is 1.82. The quantitative estimate of drug-likeness (QED) is 0.501. The van der Waals surface area contributed by atoms with Crippen molar-refractivity contribution in [1.29, 1.82) is 0 Å². The van der Waals surface area contributed by atoms with Crippen LogP contribution in [0.3, 0.4) is 0 Å². The zero-order valence-electron chi connectivity index (χ0n) is 12.3. The summed E-state index contributed by atoms with van der Waals surface area (Å²) in [6.45, 7) is 0. The van der Waals surface area contributed by atoms with Crippen molar-refractivity contribution in [2.24, 2.45) is 5.73 Å². The Hall–Kier alpha value is -2.42. The molecule has 0 fully saturated rings. The van der Waals surface area contributed by atoms with Crippen molar-refractivity contribution in [3.05, 3.63) is 41.6 Å². The van der Waals surface area contributed by atoms with Crippen LogP contribution in [0, 0.1) is 0 Å². The number of alkyl halides is 3. The van der Waals surface area contributed by atoms with E-state index in [0.717, 1.165) is 19.0 Å². The number of carbonyl (C=O) groups excluding carboxylic acids is 2. The molecule has 0 heterocycles. The van der Waals surface area contributed by atoms with Gasteiger partial charge in [0.2, 0.25) is 6.41 Å². The second-order valence-electron chi connectivity index (χ2n) is 4.65. The number of hydrogen-bond acceptors (Lipinski definition) is 4. The molecular formula is C14H14F3N3O2S. The summed E-state index contributed by atoms with van der Waals surface area (Å²) < 4.78 is 38.5. The molecule has 1 rings (SSSR count). The third-order valence-electron chi connectivity index (χ3n) is 2.81. The normalized spacial score (nSPS) is 11.8. The van der Waals surface area contributed by atoms with Crippen molar-refractivity contribution in [3.63, 3.8) is 0 Å². The highest BCUT2D eigenvalue weighted by atomic mass is 32.1. The number of imide groups is 1. The van der Waals surface area contributed by atoms with Gasteiger partial charge in [-0.25, -0.2) is 4.90 Å². The van der Waals surface area contributed by atoms with E-state index in [1.165, 1.54) is 24.3 Å². The third-order valence-corrected chi connectivity index (χ3v) is 3.04. The molecule has 2 amide bonds. The van der Waals surface area contributed by atoms with E-state index in [4.69, 9.17) is 18.0 Å². The Bertz CT molecular complexity index is 640. The molecule has 2 N–H and O–H groups in total. The Labute approximate surface area is 136 Å². The molecule has 0 bridgehead atoms. The molecule has 0 aromatic heterocycles. The number of carbonyl (C=O) groups is 2. The summed E-state index contributed by atoms with van der Waals surface area (Å²) in [6, 6.07) is 5.64. The van der Waals surface area contributed by atoms with Gasteiger partial charge in [-0.1, -0.05) is 12.2 Å². The van der Waals surface area contributed by atoms with Crippen molar-refractivity contribution in [2.75, 3.05) is 19.0 Å². The molecule has 124 valence electrons. The van der Waals surface area contributed by atoms with Crippen LogP contribution in [0.25, 0.3) is 0 Å². The molecule has 0 saturated heterocycles. The first-order chi connectivity index (χ1) is 10.6. The number of rotatable bonds is 5. The molecule has 0 unspecified atom stereocenters. The number of thiocarbonyl (C=S) groups is 1. The highest BCUT2D eigenvalue weighted by molar-refractivity contribution is 7.80. The van der Waals surface area contributed by atoms with Gasteiger partial charge in [0.05, 0.1) is 5.69 Å². The monoisotopic (exact) mass is 345 g/mol. The molecule has 0 aliphatic carbocycles. The maximum Gasteiger partial charge on any atom is 0.431 e. The fraction of sp³-hybridized carbons (Fsp3) is 0.214. The van der Waals surface area contributed by atoms with Crippen LogP contribution in [0.1, 0.15) is 5.56 Å². The molecule has 0 saturated carbocycles. The van der Waals surface area contributed by atoms with Gasteiger partial charge in [-0.3, -0.25) is 9.59 Å². The second-order valence-corrected chi connectivity index (χ2v) is 5.09.